The molecule has 0 fully saturated rings. The van der Waals surface area contributed by atoms with Crippen molar-refractivity contribution in [2.24, 2.45) is 0 Å². The van der Waals surface area contributed by atoms with Gasteiger partial charge in [0.25, 0.3) is 5.91 Å². The van der Waals surface area contributed by atoms with Crippen molar-refractivity contribution >= 4 is 28.9 Å². The van der Waals surface area contributed by atoms with Crippen LogP contribution in [0.2, 0.25) is 0 Å². The van der Waals surface area contributed by atoms with Crippen molar-refractivity contribution in [3.8, 4) is 0 Å². The number of carbonyl (C=O) groups is 1. The molecule has 3 aromatic rings. The van der Waals surface area contributed by atoms with Gasteiger partial charge in [-0.25, -0.2) is 9.97 Å². The van der Waals surface area contributed by atoms with E-state index < -0.39 is 10.8 Å². The summed E-state index contributed by atoms with van der Waals surface area (Å²) in [5.74, 6) is -0.639. The second kappa shape index (κ2) is 8.54. The fourth-order valence-corrected chi connectivity index (χ4v) is 2.50. The molecule has 0 saturated carbocycles. The molecule has 1 amide bonds. The van der Waals surface area contributed by atoms with Gasteiger partial charge in [0, 0.05) is 18.1 Å². The molecule has 0 spiro atoms. The average Bonchev–Trinajstić information content (AvgIpc) is 2.73. The molecule has 1 aromatic carbocycles. The van der Waals surface area contributed by atoms with Gasteiger partial charge in [-0.05, 0) is 30.2 Å². The summed E-state index contributed by atoms with van der Waals surface area (Å²) in [6.45, 7) is 1.98. The lowest BCUT2D eigenvalue weighted by molar-refractivity contribution is -0.383. The van der Waals surface area contributed by atoms with E-state index in [-0.39, 0.29) is 17.3 Å². The lowest BCUT2D eigenvalue weighted by Gasteiger charge is -2.12. The molecule has 3 rings (SSSR count). The van der Waals surface area contributed by atoms with Crippen LogP contribution in [-0.2, 0) is 6.42 Å². The summed E-state index contributed by atoms with van der Waals surface area (Å²) in [6.07, 6.45) is 4.82. The Morgan fingerprint density at radius 1 is 1.14 bits per heavy atom. The Morgan fingerprint density at radius 3 is 2.64 bits per heavy atom. The van der Waals surface area contributed by atoms with Crippen molar-refractivity contribution in [3.63, 3.8) is 0 Å². The van der Waals surface area contributed by atoms with Gasteiger partial charge in [0.05, 0.1) is 10.5 Å². The van der Waals surface area contributed by atoms with E-state index in [9.17, 15) is 14.9 Å². The zero-order valence-corrected chi connectivity index (χ0v) is 14.9. The SMILES string of the molecule is CCc1ccccc1Nc1ncnc(NNC(=O)c2cccnc2)c1[N+](=O)[O-]. The number of aromatic nitrogens is 3. The van der Waals surface area contributed by atoms with Gasteiger partial charge in [0.2, 0.25) is 11.6 Å². The van der Waals surface area contributed by atoms with Crippen LogP contribution in [0.4, 0.5) is 23.0 Å². The number of pyridine rings is 1. The lowest BCUT2D eigenvalue weighted by atomic mass is 10.1. The van der Waals surface area contributed by atoms with Crippen molar-refractivity contribution in [1.29, 1.82) is 0 Å². The number of nitrogens with one attached hydrogen (secondary N) is 3. The fourth-order valence-electron chi connectivity index (χ4n) is 2.50. The maximum atomic E-state index is 12.1. The second-order valence-electron chi connectivity index (χ2n) is 5.63. The molecule has 2 heterocycles. The molecule has 10 nitrogen and oxygen atoms in total. The fraction of sp³-hybridized carbons (Fsp3) is 0.111. The Bertz CT molecular complexity index is 995. The van der Waals surface area contributed by atoms with Crippen LogP contribution in [0.5, 0.6) is 0 Å². The molecule has 0 aliphatic carbocycles. The zero-order valence-electron chi connectivity index (χ0n) is 14.9. The smallest absolute Gasteiger partial charge is 0.334 e. The quantitative estimate of drug-likeness (QED) is 0.421. The molecule has 0 aliphatic rings. The molecule has 0 unspecified atom stereocenters. The zero-order chi connectivity index (χ0) is 19.9. The number of para-hydroxylation sites is 1. The molecule has 0 aliphatic heterocycles. The van der Waals surface area contributed by atoms with Gasteiger partial charge >= 0.3 is 5.69 Å². The van der Waals surface area contributed by atoms with Gasteiger partial charge in [-0.3, -0.25) is 30.7 Å². The first kappa shape index (κ1) is 18.7. The summed E-state index contributed by atoms with van der Waals surface area (Å²) in [5.41, 5.74) is 6.45. The van der Waals surface area contributed by atoms with Crippen LogP contribution in [0, 0.1) is 10.1 Å². The Morgan fingerprint density at radius 2 is 1.93 bits per heavy atom. The van der Waals surface area contributed by atoms with Crippen LogP contribution in [-0.4, -0.2) is 25.8 Å². The largest absolute Gasteiger partial charge is 0.355 e. The molecule has 28 heavy (non-hydrogen) atoms. The van der Waals surface area contributed by atoms with Crippen LogP contribution in [0.25, 0.3) is 0 Å². The number of carbonyl (C=O) groups excluding carboxylic acids is 1. The number of aryl methyl sites for hydroxylation is 1. The highest BCUT2D eigenvalue weighted by Gasteiger charge is 2.24. The molecule has 142 valence electrons. The minimum absolute atomic E-state index is 0.0130. The van der Waals surface area contributed by atoms with Crippen LogP contribution in [0.3, 0.4) is 0 Å². The third-order valence-corrected chi connectivity index (χ3v) is 3.87. The van der Waals surface area contributed by atoms with Crippen molar-refractivity contribution < 1.29 is 9.72 Å². The monoisotopic (exact) mass is 379 g/mol. The first-order valence-electron chi connectivity index (χ1n) is 8.40. The molecule has 2 aromatic heterocycles. The third kappa shape index (κ3) is 4.18. The minimum atomic E-state index is -0.616. The summed E-state index contributed by atoms with van der Waals surface area (Å²) in [4.78, 5) is 34.8. The van der Waals surface area contributed by atoms with E-state index in [0.717, 1.165) is 12.0 Å². The minimum Gasteiger partial charge on any atom is -0.334 e. The van der Waals surface area contributed by atoms with Crippen LogP contribution in [0.15, 0.2) is 55.1 Å². The number of hydrazine groups is 1. The highest BCUT2D eigenvalue weighted by Crippen LogP contribution is 2.31. The lowest BCUT2D eigenvalue weighted by Crippen LogP contribution is -2.30. The van der Waals surface area contributed by atoms with Crippen LogP contribution >= 0.6 is 0 Å². The number of rotatable bonds is 7. The van der Waals surface area contributed by atoms with Gasteiger partial charge in [-0.1, -0.05) is 25.1 Å². The van der Waals surface area contributed by atoms with E-state index in [4.69, 9.17) is 0 Å². The second-order valence-corrected chi connectivity index (χ2v) is 5.63. The first-order chi connectivity index (χ1) is 13.6. The Hall–Kier alpha value is -4.08. The Balaban J connectivity index is 1.85. The predicted molar refractivity (Wildman–Crippen MR) is 103 cm³/mol. The predicted octanol–water partition coefficient (Wildman–Crippen LogP) is 2.84. The van der Waals surface area contributed by atoms with E-state index in [2.05, 4.69) is 31.1 Å². The number of nitrogens with zero attached hydrogens (tertiary/aromatic N) is 4. The molecule has 0 bridgehead atoms. The number of anilines is 3. The van der Waals surface area contributed by atoms with E-state index in [1.807, 2.05) is 31.2 Å². The summed E-state index contributed by atoms with van der Waals surface area (Å²) in [6, 6.07) is 10.6. The van der Waals surface area contributed by atoms with Gasteiger partial charge in [0.1, 0.15) is 6.33 Å². The average molecular weight is 379 g/mol. The van der Waals surface area contributed by atoms with Crippen LogP contribution in [0.1, 0.15) is 22.8 Å². The highest BCUT2D eigenvalue weighted by molar-refractivity contribution is 5.94. The van der Waals surface area contributed by atoms with E-state index >= 15 is 0 Å². The topological polar surface area (TPSA) is 135 Å². The van der Waals surface area contributed by atoms with Gasteiger partial charge in [-0.15, -0.1) is 0 Å². The van der Waals surface area contributed by atoms with E-state index in [1.54, 1.807) is 12.1 Å². The van der Waals surface area contributed by atoms with Crippen molar-refractivity contribution in [1.82, 2.24) is 20.4 Å². The van der Waals surface area contributed by atoms with Crippen molar-refractivity contribution in [2.45, 2.75) is 13.3 Å². The number of hydrogen-bond donors (Lipinski definition) is 3. The molecule has 0 radical (unpaired) electrons. The number of nitro groups is 1. The Kier molecular flexibility index (Phi) is 5.70. The molecular weight excluding hydrogens is 362 g/mol. The van der Waals surface area contributed by atoms with Gasteiger partial charge < -0.3 is 5.32 Å². The highest BCUT2D eigenvalue weighted by atomic mass is 16.6. The van der Waals surface area contributed by atoms with E-state index in [0.29, 0.717) is 11.3 Å². The van der Waals surface area contributed by atoms with Crippen molar-refractivity contribution in [2.75, 3.05) is 10.7 Å². The van der Waals surface area contributed by atoms with Gasteiger partial charge in [0.15, 0.2) is 0 Å². The third-order valence-electron chi connectivity index (χ3n) is 3.87. The number of hydrogen-bond acceptors (Lipinski definition) is 8. The van der Waals surface area contributed by atoms with Gasteiger partial charge in [-0.2, -0.15) is 0 Å². The molecule has 0 saturated heterocycles. The molecular formula is C18H17N7O3. The maximum Gasteiger partial charge on any atom is 0.355 e. The summed E-state index contributed by atoms with van der Waals surface area (Å²) < 4.78 is 0. The molecule has 10 heteroatoms. The van der Waals surface area contributed by atoms with E-state index in [1.165, 1.54) is 18.7 Å². The molecule has 0 atom stereocenters. The number of benzene rings is 1. The summed E-state index contributed by atoms with van der Waals surface area (Å²) in [5, 5.41) is 14.6. The summed E-state index contributed by atoms with van der Waals surface area (Å²) >= 11 is 0. The normalized spacial score (nSPS) is 10.2. The number of amides is 1. The Labute approximate surface area is 160 Å². The standard InChI is InChI=1S/C18H17N7O3/c1-2-12-6-3-4-8-14(12)22-16-15(25(27)28)17(21-11-20-16)23-24-18(26)13-7-5-9-19-10-13/h3-11H,2H2,1H3,(H,24,26)(H2,20,21,22,23). The maximum absolute atomic E-state index is 12.1. The van der Waals surface area contributed by atoms with Crippen molar-refractivity contribution in [3.05, 3.63) is 76.4 Å². The molecule has 3 N–H and O–H groups in total. The first-order valence-corrected chi connectivity index (χ1v) is 8.40. The summed E-state index contributed by atoms with van der Waals surface area (Å²) in [7, 11) is 0. The van der Waals surface area contributed by atoms with Crippen LogP contribution < -0.4 is 16.2 Å².